The molecule has 6 heterocycles. The molecule has 1 aliphatic carbocycles. The quantitative estimate of drug-likeness (QED) is 0.0236. The average molecular weight is 2140 g/mol. The van der Waals surface area contributed by atoms with Crippen molar-refractivity contribution in [3.05, 3.63) is 70.7 Å². The highest BCUT2D eigenvalue weighted by molar-refractivity contribution is 7.13. The van der Waals surface area contributed by atoms with Gasteiger partial charge in [-0.15, -0.1) is 21.5 Å². The number of likely N-dealkylation sites (tertiary alicyclic amines) is 1. The number of aliphatic hydroxyl groups is 2. The molecule has 2 saturated heterocycles. The number of piperidine rings is 1. The van der Waals surface area contributed by atoms with Crippen molar-refractivity contribution < 1.29 is 28.1 Å². The number of aromatic nitrogens is 7. The third-order valence-electron chi connectivity index (χ3n) is 18.0. The first-order valence-electron chi connectivity index (χ1n) is 58.8. The van der Waals surface area contributed by atoms with E-state index in [-0.39, 0.29) is 24.2 Å². The molecule has 3 aliphatic rings. The van der Waals surface area contributed by atoms with Gasteiger partial charge in [-0.2, -0.15) is 13.2 Å². The van der Waals surface area contributed by atoms with Gasteiger partial charge in [0.25, 0.3) is 0 Å². The molecule has 0 aromatic carbocycles. The summed E-state index contributed by atoms with van der Waals surface area (Å²) in [6.45, 7) is 124. The van der Waals surface area contributed by atoms with Gasteiger partial charge in [-0.05, 0) is 205 Å². The Balaban J connectivity index is -0.0000000973. The normalized spacial score (nSPS) is 12.6. The van der Waals surface area contributed by atoms with Gasteiger partial charge in [0, 0.05) is 167 Å². The lowest BCUT2D eigenvalue weighted by molar-refractivity contribution is -0.146. The number of halogens is 3. The summed E-state index contributed by atoms with van der Waals surface area (Å²) in [5, 5.41) is 53.0. The molecule has 1 saturated carbocycles. The maximum absolute atomic E-state index is 11.6. The van der Waals surface area contributed by atoms with Crippen LogP contribution in [0.5, 0.6) is 0 Å². The van der Waals surface area contributed by atoms with Gasteiger partial charge in [-0.3, -0.25) is 9.80 Å². The minimum atomic E-state index is -4.07. The predicted octanol–water partition coefficient (Wildman–Crippen LogP) is 33.5. The first-order valence-corrected chi connectivity index (χ1v) is 60.5. The number of aliphatic hydroxyl groups excluding tert-OH is 2. The molecule has 892 valence electrons. The third-order valence-corrected chi connectivity index (χ3v) is 19.4. The van der Waals surface area contributed by atoms with E-state index in [0.717, 1.165) is 105 Å². The van der Waals surface area contributed by atoms with Crippen LogP contribution < -0.4 is 37.2 Å². The summed E-state index contributed by atoms with van der Waals surface area (Å²) in [4.78, 5) is 28.6. The average Bonchev–Trinajstić information content (AvgIpc) is 1.34. The lowest BCUT2D eigenvalue weighted by Gasteiger charge is -2.34. The van der Waals surface area contributed by atoms with Gasteiger partial charge < -0.3 is 62.0 Å². The number of rotatable bonds is 30. The van der Waals surface area contributed by atoms with Crippen LogP contribution in [0.4, 0.5) is 18.3 Å². The maximum atomic E-state index is 11.6. The third kappa shape index (κ3) is 179. The molecule has 9 N–H and O–H groups in total. The number of anilines is 1. The molecular weight excluding hydrogens is 1870 g/mol. The van der Waals surface area contributed by atoms with Crippen molar-refractivity contribution in [3.8, 4) is 0 Å². The van der Waals surface area contributed by atoms with Crippen LogP contribution in [-0.2, 0) is 24.4 Å². The fourth-order valence-corrected chi connectivity index (χ4v) is 12.2. The SMILES string of the molecule is CC(C)N(C(C)C)C(C)C.CC(C)N(C)CC(C)(C)CO.CC(C)N(C)CC(F)(F)F.CC(C)N1CCC(O)CC1.CC(C)NCC1CCCCC1.CC(C)NCC1CCOCC1.CC(C)NCCC(C)(C)C.CC(C)NCc1ccncn1.CC(C)NCc1ncccn1.CC(C)NCc1nccs1.CC(C)Nc1nncs1.CCC.CCC.CCC.CCC.CCC.CCC.CCC.CCC.CCC.CCC.CCC. The molecule has 3 fully saturated rings. The van der Waals surface area contributed by atoms with E-state index in [1.165, 1.54) is 158 Å². The molecular formula is C121H267F3N18O3S2. The van der Waals surface area contributed by atoms with E-state index in [0.29, 0.717) is 77.9 Å². The summed E-state index contributed by atoms with van der Waals surface area (Å²) in [6, 6.07) is 10.8. The summed E-state index contributed by atoms with van der Waals surface area (Å²) in [7, 11) is 3.54. The molecule has 0 atom stereocenters. The van der Waals surface area contributed by atoms with Crippen LogP contribution in [0.25, 0.3) is 0 Å². The number of ether oxygens (including phenoxy) is 1. The first-order chi connectivity index (χ1) is 68.6. The van der Waals surface area contributed by atoms with Crippen LogP contribution in [0.15, 0.2) is 54.1 Å². The van der Waals surface area contributed by atoms with Crippen LogP contribution in [0.2, 0.25) is 0 Å². The van der Waals surface area contributed by atoms with Crippen LogP contribution in [0, 0.1) is 22.7 Å². The summed E-state index contributed by atoms with van der Waals surface area (Å²) in [5.41, 5.74) is 3.25. The molecule has 21 nitrogen and oxygen atoms in total. The van der Waals surface area contributed by atoms with E-state index < -0.39 is 12.7 Å². The van der Waals surface area contributed by atoms with Crippen molar-refractivity contribution in [2.24, 2.45) is 22.7 Å². The number of hydrogen-bond acceptors (Lipinski definition) is 23. The molecule has 0 unspecified atom stereocenters. The standard InChI is InChI=1S/C10H21N.C9H19NO.C9H21NO.2C9H21N.2C8H13N3.C8H17NO.C7H12N2S.C6H12F3N.C5H9N3S.11C3H8/c1-9(2)11-8-10-6-4-3-5-7-10;1-8(2)10-7-9-3-5-11-6-4-9;1-8(2)10(5)6-9(3,4)7-11;1-8(2)10-7-6-9(3,4)5;1-7(2)10(8(3)4)9(5)6;1-7(2)10-5-8-3-4-9-6-11-8;1-7(2)11-6-8-9-4-3-5-10-8;1-7(2)9-5-3-8(10)4-6-9;1-6(2)9-5-7-8-3-4-10-7;1-5(2)10(3)4-6(7,8)9;1-4(2)7-5-8-6-3-9-5;11*1-3-2/h9-11H,3-8H2,1-2H3;8-10H,3-7H2,1-2H3;8,11H,6-7H2,1-5H3;8,10H,6-7H2,1-5H3;7-9H,1-6H3;3-4,6-7,10H,5H2,1-2H3;3-5,7,11H,6H2,1-2H3;7-8,10H,3-6H2,1-2H3;3-4,6,9H,5H2,1-2H3;5H,4H2,1-3H3;3-4H,1-2H3,(H,7,8);11*3H2,1-2H3. The number of nitrogens with zero attached hydrogens (tertiary/aromatic N) is 11. The Morgan fingerprint density at radius 3 is 1.08 bits per heavy atom. The van der Waals surface area contributed by atoms with E-state index >= 15 is 0 Å². The smallest absolute Gasteiger partial charge is 0.396 e. The molecule has 0 bridgehead atoms. The van der Waals surface area contributed by atoms with Gasteiger partial charge in [0.1, 0.15) is 22.7 Å². The largest absolute Gasteiger partial charge is 0.401 e. The Morgan fingerprint density at radius 2 is 0.796 bits per heavy atom. The summed E-state index contributed by atoms with van der Waals surface area (Å²) >= 11 is 3.21. The van der Waals surface area contributed by atoms with E-state index in [1.54, 1.807) is 55.6 Å². The number of alkyl halides is 3. The van der Waals surface area contributed by atoms with Crippen LogP contribution in [-0.4, -0.2) is 235 Å². The van der Waals surface area contributed by atoms with Crippen LogP contribution in [0.1, 0.15) is 518 Å². The maximum Gasteiger partial charge on any atom is 0.401 e. The Bertz CT molecular complexity index is 2700. The zero-order valence-electron chi connectivity index (χ0n) is 109. The van der Waals surface area contributed by atoms with Crippen molar-refractivity contribution in [1.82, 2.24) is 86.6 Å². The molecule has 2 aliphatic heterocycles. The molecule has 7 rings (SSSR count). The van der Waals surface area contributed by atoms with Crippen LogP contribution in [0.3, 0.4) is 0 Å². The van der Waals surface area contributed by atoms with Crippen molar-refractivity contribution >= 4 is 27.8 Å². The van der Waals surface area contributed by atoms with Crippen molar-refractivity contribution in [3.63, 3.8) is 0 Å². The summed E-state index contributed by atoms with van der Waals surface area (Å²) in [5.74, 6) is 2.68. The topological polar surface area (TPSA) is 237 Å². The Hall–Kier alpha value is -3.58. The van der Waals surface area contributed by atoms with E-state index in [9.17, 15) is 18.3 Å². The van der Waals surface area contributed by atoms with E-state index in [2.05, 4.69) is 447 Å². The Morgan fingerprint density at radius 1 is 0.429 bits per heavy atom. The molecule has 147 heavy (non-hydrogen) atoms. The van der Waals surface area contributed by atoms with E-state index in [1.807, 2.05) is 23.7 Å². The summed E-state index contributed by atoms with van der Waals surface area (Å²) < 4.78 is 40.2. The number of nitrogens with one attached hydrogen (secondary N) is 7. The minimum Gasteiger partial charge on any atom is -0.396 e. The molecule has 0 amide bonds. The second-order valence-corrected chi connectivity index (χ2v) is 45.7. The monoisotopic (exact) mass is 2140 g/mol. The second-order valence-electron chi connectivity index (χ2n) is 43.9. The molecule has 0 radical (unpaired) electrons. The fraction of sp³-hybridized carbons (Fsp3) is 0.893. The lowest BCUT2D eigenvalue weighted by atomic mass is 9.89. The second kappa shape index (κ2) is 133. The highest BCUT2D eigenvalue weighted by Gasteiger charge is 2.30. The Kier molecular flexibility index (Phi) is 159. The zero-order valence-corrected chi connectivity index (χ0v) is 110. The van der Waals surface area contributed by atoms with Gasteiger partial charge in [0.2, 0.25) is 5.13 Å². The van der Waals surface area contributed by atoms with Crippen LogP contribution >= 0.6 is 22.7 Å². The van der Waals surface area contributed by atoms with Gasteiger partial charge in [-0.25, -0.2) is 24.9 Å². The van der Waals surface area contributed by atoms with Gasteiger partial charge in [0.05, 0.1) is 24.9 Å². The van der Waals surface area contributed by atoms with Crippen molar-refractivity contribution in [2.45, 2.75) is 612 Å². The Labute approximate surface area is 927 Å². The molecule has 4 aromatic heterocycles. The van der Waals surface area contributed by atoms with Crippen molar-refractivity contribution in [2.75, 3.05) is 85.0 Å². The van der Waals surface area contributed by atoms with Gasteiger partial charge >= 0.3 is 6.18 Å². The highest BCUT2D eigenvalue weighted by Crippen LogP contribution is 2.24. The first kappa shape index (κ1) is 176. The molecule has 26 heteroatoms. The number of thiazole rings is 1. The zero-order chi connectivity index (χ0) is 118. The van der Waals surface area contributed by atoms with E-state index in [4.69, 9.17) is 9.84 Å². The fourth-order valence-electron chi connectivity index (χ4n) is 11.0. The number of hydrogen-bond donors (Lipinski definition) is 9. The summed E-state index contributed by atoms with van der Waals surface area (Å²) in [6.07, 6.45) is 31.3. The lowest BCUT2D eigenvalue weighted by Crippen LogP contribution is -2.42. The van der Waals surface area contributed by atoms with Crippen molar-refractivity contribution in [1.29, 1.82) is 0 Å². The molecule has 0 spiro atoms. The minimum absolute atomic E-state index is 0.0268. The highest BCUT2D eigenvalue weighted by atomic mass is 32.1. The predicted molar refractivity (Wildman–Crippen MR) is 662 cm³/mol. The van der Waals surface area contributed by atoms with Gasteiger partial charge in [0.15, 0.2) is 0 Å². The van der Waals surface area contributed by atoms with Gasteiger partial charge in [-0.1, -0.05) is 371 Å². The molecule has 4 aromatic rings.